The minimum atomic E-state index is -0.259. The van der Waals surface area contributed by atoms with Gasteiger partial charge in [0.15, 0.2) is 0 Å². The standard InChI is InChI=1S/C16H18N4O3/c1-17-15(21)14-9-11(4-7-19-14)23-12-5-8-20(10-12)16(22)13-3-2-6-18-13/h2-4,6-7,9,12,18H,5,8,10H2,1H3,(H,17,21). The summed E-state index contributed by atoms with van der Waals surface area (Å²) >= 11 is 0. The summed E-state index contributed by atoms with van der Waals surface area (Å²) in [4.78, 5) is 32.5. The Labute approximate surface area is 133 Å². The van der Waals surface area contributed by atoms with Crippen LogP contribution in [-0.2, 0) is 0 Å². The van der Waals surface area contributed by atoms with E-state index in [4.69, 9.17) is 4.74 Å². The number of aromatic nitrogens is 2. The fraction of sp³-hybridized carbons (Fsp3) is 0.312. The number of H-pyrrole nitrogens is 1. The van der Waals surface area contributed by atoms with Gasteiger partial charge in [-0.2, -0.15) is 0 Å². The lowest BCUT2D eigenvalue weighted by molar-refractivity contribution is 0.0767. The van der Waals surface area contributed by atoms with Gasteiger partial charge in [-0.25, -0.2) is 0 Å². The van der Waals surface area contributed by atoms with Crippen molar-refractivity contribution in [2.75, 3.05) is 20.1 Å². The Hall–Kier alpha value is -2.83. The van der Waals surface area contributed by atoms with Crippen molar-refractivity contribution in [2.24, 2.45) is 0 Å². The van der Waals surface area contributed by atoms with Crippen molar-refractivity contribution in [1.82, 2.24) is 20.2 Å². The maximum Gasteiger partial charge on any atom is 0.270 e. The average Bonchev–Trinajstić information content (AvgIpc) is 3.25. The molecule has 1 aliphatic rings. The number of pyridine rings is 1. The average molecular weight is 314 g/mol. The monoisotopic (exact) mass is 314 g/mol. The molecule has 2 aromatic rings. The van der Waals surface area contributed by atoms with Gasteiger partial charge in [-0.05, 0) is 18.2 Å². The lowest BCUT2D eigenvalue weighted by atomic mass is 10.3. The third-order valence-corrected chi connectivity index (χ3v) is 3.75. The molecule has 0 aliphatic carbocycles. The third-order valence-electron chi connectivity index (χ3n) is 3.75. The molecule has 0 saturated carbocycles. The van der Waals surface area contributed by atoms with Crippen molar-refractivity contribution in [3.63, 3.8) is 0 Å². The Bertz CT molecular complexity index is 699. The first-order valence-corrected chi connectivity index (χ1v) is 7.45. The van der Waals surface area contributed by atoms with Gasteiger partial charge in [0.05, 0.1) is 6.54 Å². The van der Waals surface area contributed by atoms with Crippen molar-refractivity contribution >= 4 is 11.8 Å². The summed E-state index contributed by atoms with van der Waals surface area (Å²) < 4.78 is 5.88. The summed E-state index contributed by atoms with van der Waals surface area (Å²) in [5.41, 5.74) is 0.888. The van der Waals surface area contributed by atoms with Crippen LogP contribution in [0.1, 0.15) is 27.4 Å². The Morgan fingerprint density at radius 3 is 3.04 bits per heavy atom. The molecule has 0 bridgehead atoms. The second-order valence-corrected chi connectivity index (χ2v) is 5.32. The zero-order valence-corrected chi connectivity index (χ0v) is 12.8. The summed E-state index contributed by atoms with van der Waals surface area (Å²) in [5.74, 6) is 0.296. The number of rotatable bonds is 4. The Morgan fingerprint density at radius 2 is 2.30 bits per heavy atom. The quantitative estimate of drug-likeness (QED) is 0.883. The molecule has 2 amide bonds. The van der Waals surface area contributed by atoms with Crippen LogP contribution in [0.5, 0.6) is 5.75 Å². The van der Waals surface area contributed by atoms with Crippen molar-refractivity contribution in [2.45, 2.75) is 12.5 Å². The molecule has 1 atom stereocenters. The number of ether oxygens (including phenoxy) is 1. The van der Waals surface area contributed by atoms with Crippen LogP contribution in [0.15, 0.2) is 36.7 Å². The molecule has 0 radical (unpaired) electrons. The number of carbonyl (C=O) groups is 2. The highest BCUT2D eigenvalue weighted by Crippen LogP contribution is 2.20. The number of hydrogen-bond acceptors (Lipinski definition) is 4. The smallest absolute Gasteiger partial charge is 0.270 e. The first kappa shape index (κ1) is 15.1. The highest BCUT2D eigenvalue weighted by Gasteiger charge is 2.28. The minimum absolute atomic E-state index is 0.0260. The van der Waals surface area contributed by atoms with E-state index in [1.54, 1.807) is 42.4 Å². The van der Waals surface area contributed by atoms with Crippen LogP contribution in [0.2, 0.25) is 0 Å². The van der Waals surface area contributed by atoms with E-state index in [1.165, 1.54) is 6.20 Å². The van der Waals surface area contributed by atoms with Crippen LogP contribution in [0, 0.1) is 0 Å². The Balaban J connectivity index is 1.62. The van der Waals surface area contributed by atoms with Crippen molar-refractivity contribution in [3.05, 3.63) is 48.0 Å². The molecule has 0 spiro atoms. The van der Waals surface area contributed by atoms with E-state index in [-0.39, 0.29) is 17.9 Å². The van der Waals surface area contributed by atoms with Crippen molar-refractivity contribution < 1.29 is 14.3 Å². The van der Waals surface area contributed by atoms with Crippen LogP contribution in [0.4, 0.5) is 0 Å². The molecular weight excluding hydrogens is 296 g/mol. The van der Waals surface area contributed by atoms with Crippen LogP contribution >= 0.6 is 0 Å². The molecule has 7 nitrogen and oxygen atoms in total. The largest absolute Gasteiger partial charge is 0.488 e. The number of nitrogens with one attached hydrogen (secondary N) is 2. The van der Waals surface area contributed by atoms with Crippen LogP contribution in [0.25, 0.3) is 0 Å². The second-order valence-electron chi connectivity index (χ2n) is 5.32. The van der Waals surface area contributed by atoms with E-state index in [9.17, 15) is 9.59 Å². The number of aromatic amines is 1. The second kappa shape index (κ2) is 6.51. The summed E-state index contributed by atoms with van der Waals surface area (Å²) in [6.07, 6.45) is 3.93. The lowest BCUT2D eigenvalue weighted by Crippen LogP contribution is -2.31. The molecule has 3 heterocycles. The number of nitrogens with zero attached hydrogens (tertiary/aromatic N) is 2. The normalized spacial score (nSPS) is 17.1. The minimum Gasteiger partial charge on any atom is -0.488 e. The molecule has 1 aliphatic heterocycles. The highest BCUT2D eigenvalue weighted by molar-refractivity contribution is 5.93. The first-order valence-electron chi connectivity index (χ1n) is 7.45. The van der Waals surface area contributed by atoms with Crippen molar-refractivity contribution in [1.29, 1.82) is 0 Å². The van der Waals surface area contributed by atoms with Gasteiger partial charge in [0.25, 0.3) is 11.8 Å². The fourth-order valence-electron chi connectivity index (χ4n) is 2.57. The van der Waals surface area contributed by atoms with Crippen LogP contribution in [0.3, 0.4) is 0 Å². The third kappa shape index (κ3) is 3.33. The van der Waals surface area contributed by atoms with E-state index < -0.39 is 0 Å². The van der Waals surface area contributed by atoms with Gasteiger partial charge >= 0.3 is 0 Å². The molecular formula is C16H18N4O3. The SMILES string of the molecule is CNC(=O)c1cc(OC2CCN(C(=O)c3ccc[nH]3)C2)ccn1. The predicted molar refractivity (Wildman–Crippen MR) is 83.4 cm³/mol. The van der Waals surface area contributed by atoms with Crippen molar-refractivity contribution in [3.8, 4) is 5.75 Å². The van der Waals surface area contributed by atoms with Gasteiger partial charge in [0.2, 0.25) is 0 Å². The van der Waals surface area contributed by atoms with Gasteiger partial charge < -0.3 is 19.9 Å². The zero-order valence-electron chi connectivity index (χ0n) is 12.8. The van der Waals surface area contributed by atoms with Crippen LogP contribution in [-0.4, -0.2) is 52.9 Å². The molecule has 3 rings (SSSR count). The summed E-state index contributed by atoms with van der Waals surface area (Å²) in [7, 11) is 1.55. The van der Waals surface area contributed by atoms with Gasteiger partial charge in [0, 0.05) is 38.5 Å². The molecule has 23 heavy (non-hydrogen) atoms. The Kier molecular flexibility index (Phi) is 4.27. The molecule has 1 saturated heterocycles. The molecule has 7 heteroatoms. The zero-order chi connectivity index (χ0) is 16.2. The van der Waals surface area contributed by atoms with E-state index in [2.05, 4.69) is 15.3 Å². The number of amides is 2. The van der Waals surface area contributed by atoms with Gasteiger partial charge in [-0.1, -0.05) is 0 Å². The maximum absolute atomic E-state index is 12.3. The Morgan fingerprint density at radius 1 is 1.43 bits per heavy atom. The molecule has 2 N–H and O–H groups in total. The van der Waals surface area contributed by atoms with Gasteiger partial charge in [-0.15, -0.1) is 0 Å². The van der Waals surface area contributed by atoms with E-state index >= 15 is 0 Å². The highest BCUT2D eigenvalue weighted by atomic mass is 16.5. The van der Waals surface area contributed by atoms with E-state index in [1.807, 2.05) is 0 Å². The predicted octanol–water partition coefficient (Wildman–Crippen LogP) is 1.06. The van der Waals surface area contributed by atoms with E-state index in [0.29, 0.717) is 30.2 Å². The summed E-state index contributed by atoms with van der Waals surface area (Å²) in [6.45, 7) is 1.17. The first-order chi connectivity index (χ1) is 11.2. The molecule has 0 aromatic carbocycles. The molecule has 120 valence electrons. The van der Waals surface area contributed by atoms with Gasteiger partial charge in [0.1, 0.15) is 23.2 Å². The number of hydrogen-bond donors (Lipinski definition) is 2. The molecule has 1 unspecified atom stereocenters. The summed E-state index contributed by atoms with van der Waals surface area (Å²) in [5, 5.41) is 2.53. The maximum atomic E-state index is 12.3. The summed E-state index contributed by atoms with van der Waals surface area (Å²) in [6, 6.07) is 6.87. The topological polar surface area (TPSA) is 87.3 Å². The lowest BCUT2D eigenvalue weighted by Gasteiger charge is -2.16. The number of likely N-dealkylation sites (tertiary alicyclic amines) is 1. The van der Waals surface area contributed by atoms with Gasteiger partial charge in [-0.3, -0.25) is 14.6 Å². The fourth-order valence-corrected chi connectivity index (χ4v) is 2.57. The molecule has 1 fully saturated rings. The number of carbonyl (C=O) groups excluding carboxylic acids is 2. The van der Waals surface area contributed by atoms with Crippen LogP contribution < -0.4 is 10.1 Å². The van der Waals surface area contributed by atoms with E-state index in [0.717, 1.165) is 6.42 Å². The molecule has 2 aromatic heterocycles.